The molecule has 0 radical (unpaired) electrons. The quantitative estimate of drug-likeness (QED) is 0.503. The van der Waals surface area contributed by atoms with Gasteiger partial charge in [0.1, 0.15) is 7.05 Å². The molecule has 2 aromatic carbocycles. The number of fused-ring (bicyclic) bond motifs is 3. The SMILES string of the molecule is Cc1ccc2c([nH]c3ccccc32)c1-c1cccc[n+]1C. The number of hydrogen-bond donors (Lipinski definition) is 1. The minimum absolute atomic E-state index is 1.19. The Labute approximate surface area is 123 Å². The second kappa shape index (κ2) is 4.45. The van der Waals surface area contributed by atoms with Crippen LogP contribution in [0.5, 0.6) is 0 Å². The van der Waals surface area contributed by atoms with Crippen LogP contribution in [0.4, 0.5) is 0 Å². The summed E-state index contributed by atoms with van der Waals surface area (Å²) in [4.78, 5) is 3.60. The minimum atomic E-state index is 1.19. The van der Waals surface area contributed by atoms with Crippen molar-refractivity contribution in [2.45, 2.75) is 6.92 Å². The van der Waals surface area contributed by atoms with Crippen LogP contribution in [0.15, 0.2) is 60.8 Å². The molecule has 0 saturated carbocycles. The maximum atomic E-state index is 3.60. The number of rotatable bonds is 1. The van der Waals surface area contributed by atoms with Crippen molar-refractivity contribution in [1.82, 2.24) is 4.98 Å². The van der Waals surface area contributed by atoms with Crippen LogP contribution < -0.4 is 4.57 Å². The van der Waals surface area contributed by atoms with E-state index in [1.165, 1.54) is 38.6 Å². The van der Waals surface area contributed by atoms with E-state index < -0.39 is 0 Å². The molecule has 1 N–H and O–H groups in total. The van der Waals surface area contributed by atoms with E-state index in [-0.39, 0.29) is 0 Å². The fraction of sp³-hybridized carbons (Fsp3) is 0.105. The summed E-state index contributed by atoms with van der Waals surface area (Å²) in [5.41, 5.74) is 6.21. The Morgan fingerprint density at radius 1 is 0.857 bits per heavy atom. The fourth-order valence-electron chi connectivity index (χ4n) is 3.14. The topological polar surface area (TPSA) is 19.7 Å². The number of hydrogen-bond acceptors (Lipinski definition) is 0. The molecule has 0 atom stereocenters. The minimum Gasteiger partial charge on any atom is -0.354 e. The zero-order chi connectivity index (χ0) is 14.4. The zero-order valence-electron chi connectivity index (χ0n) is 12.2. The van der Waals surface area contributed by atoms with Gasteiger partial charge in [0.25, 0.3) is 0 Å². The molecule has 4 rings (SSSR count). The molecule has 2 heteroatoms. The molecular weight excluding hydrogens is 256 g/mol. The van der Waals surface area contributed by atoms with Crippen molar-refractivity contribution in [3.8, 4) is 11.3 Å². The van der Waals surface area contributed by atoms with E-state index in [4.69, 9.17) is 0 Å². The van der Waals surface area contributed by atoms with Crippen LogP contribution in [-0.2, 0) is 7.05 Å². The number of H-pyrrole nitrogens is 1. The van der Waals surface area contributed by atoms with E-state index in [0.29, 0.717) is 0 Å². The molecule has 0 fully saturated rings. The van der Waals surface area contributed by atoms with Gasteiger partial charge in [-0.1, -0.05) is 30.3 Å². The Balaban J connectivity index is 2.18. The van der Waals surface area contributed by atoms with E-state index in [0.717, 1.165) is 0 Å². The van der Waals surface area contributed by atoms with Gasteiger partial charge in [-0.2, -0.15) is 0 Å². The first-order valence-corrected chi connectivity index (χ1v) is 7.21. The Bertz CT molecular complexity index is 964. The molecule has 0 bridgehead atoms. The van der Waals surface area contributed by atoms with Crippen molar-refractivity contribution < 1.29 is 4.57 Å². The predicted molar refractivity (Wildman–Crippen MR) is 87.2 cm³/mol. The van der Waals surface area contributed by atoms with Gasteiger partial charge in [-0.15, -0.1) is 0 Å². The van der Waals surface area contributed by atoms with Crippen molar-refractivity contribution in [1.29, 1.82) is 0 Å². The predicted octanol–water partition coefficient (Wildman–Crippen LogP) is 4.12. The summed E-state index contributed by atoms with van der Waals surface area (Å²) in [6.07, 6.45) is 2.09. The Morgan fingerprint density at radius 2 is 1.67 bits per heavy atom. The van der Waals surface area contributed by atoms with E-state index in [9.17, 15) is 0 Å². The fourth-order valence-corrected chi connectivity index (χ4v) is 3.14. The number of aromatic amines is 1. The first-order valence-electron chi connectivity index (χ1n) is 7.21. The highest BCUT2D eigenvalue weighted by atomic mass is 14.9. The highest BCUT2D eigenvalue weighted by Crippen LogP contribution is 2.33. The molecule has 0 spiro atoms. The van der Waals surface area contributed by atoms with Gasteiger partial charge < -0.3 is 4.98 Å². The second-order valence-corrected chi connectivity index (χ2v) is 5.55. The summed E-state index contributed by atoms with van der Waals surface area (Å²) < 4.78 is 2.17. The van der Waals surface area contributed by atoms with Gasteiger partial charge >= 0.3 is 0 Å². The first kappa shape index (κ1) is 12.2. The Morgan fingerprint density at radius 3 is 2.52 bits per heavy atom. The number of aryl methyl sites for hydroxylation is 2. The summed E-state index contributed by atoms with van der Waals surface area (Å²) >= 11 is 0. The lowest BCUT2D eigenvalue weighted by Crippen LogP contribution is -2.30. The van der Waals surface area contributed by atoms with Crippen LogP contribution >= 0.6 is 0 Å². The molecule has 2 heterocycles. The van der Waals surface area contributed by atoms with Crippen molar-refractivity contribution in [2.24, 2.45) is 7.05 Å². The monoisotopic (exact) mass is 273 g/mol. The van der Waals surface area contributed by atoms with E-state index in [1.807, 2.05) is 0 Å². The summed E-state index contributed by atoms with van der Waals surface area (Å²) in [5, 5.41) is 2.57. The number of pyridine rings is 1. The Kier molecular flexibility index (Phi) is 2.58. The maximum Gasteiger partial charge on any atom is 0.214 e. The highest BCUT2D eigenvalue weighted by Gasteiger charge is 2.17. The first-order chi connectivity index (χ1) is 10.3. The smallest absolute Gasteiger partial charge is 0.214 e. The molecule has 102 valence electrons. The van der Waals surface area contributed by atoms with Crippen LogP contribution in [0.3, 0.4) is 0 Å². The van der Waals surface area contributed by atoms with Crippen molar-refractivity contribution >= 4 is 21.8 Å². The lowest BCUT2D eigenvalue weighted by molar-refractivity contribution is -0.660. The van der Waals surface area contributed by atoms with Gasteiger partial charge in [0.15, 0.2) is 6.20 Å². The molecule has 0 aliphatic heterocycles. The normalized spacial score (nSPS) is 11.3. The van der Waals surface area contributed by atoms with Gasteiger partial charge in [-0.05, 0) is 24.6 Å². The molecule has 0 amide bonds. The van der Waals surface area contributed by atoms with Gasteiger partial charge in [-0.25, -0.2) is 4.57 Å². The van der Waals surface area contributed by atoms with Crippen LogP contribution in [0, 0.1) is 6.92 Å². The number of nitrogens with zero attached hydrogens (tertiary/aromatic N) is 1. The largest absolute Gasteiger partial charge is 0.354 e. The third-order valence-electron chi connectivity index (χ3n) is 4.20. The molecule has 0 unspecified atom stereocenters. The molecule has 0 saturated heterocycles. The van der Waals surface area contributed by atoms with Gasteiger partial charge in [0, 0.05) is 28.4 Å². The van der Waals surface area contributed by atoms with E-state index in [2.05, 4.69) is 84.3 Å². The maximum absolute atomic E-state index is 3.60. The van der Waals surface area contributed by atoms with Crippen molar-refractivity contribution in [3.63, 3.8) is 0 Å². The molecular formula is C19H17N2+. The average Bonchev–Trinajstić information content (AvgIpc) is 2.87. The zero-order valence-corrected chi connectivity index (χ0v) is 12.2. The summed E-state index contributed by atoms with van der Waals surface area (Å²) in [6, 6.07) is 19.2. The van der Waals surface area contributed by atoms with Crippen LogP contribution in [0.25, 0.3) is 33.1 Å². The van der Waals surface area contributed by atoms with Crippen molar-refractivity contribution in [3.05, 3.63) is 66.4 Å². The molecule has 0 aliphatic carbocycles. The lowest BCUT2D eigenvalue weighted by atomic mass is 10.0. The molecule has 2 aromatic heterocycles. The summed E-state index contributed by atoms with van der Waals surface area (Å²) in [5.74, 6) is 0. The number of nitrogens with one attached hydrogen (secondary N) is 1. The molecule has 2 nitrogen and oxygen atoms in total. The Hall–Kier alpha value is -2.61. The highest BCUT2D eigenvalue weighted by molar-refractivity contribution is 6.11. The number of para-hydroxylation sites is 1. The lowest BCUT2D eigenvalue weighted by Gasteiger charge is -2.06. The third kappa shape index (κ3) is 1.76. The van der Waals surface area contributed by atoms with E-state index >= 15 is 0 Å². The number of benzene rings is 2. The average molecular weight is 273 g/mol. The van der Waals surface area contributed by atoms with Gasteiger partial charge in [0.05, 0.1) is 11.1 Å². The standard InChI is InChI=1S/C19H16N2/c1-13-10-11-15-14-7-3-4-8-16(14)20-19(15)18(13)17-9-5-6-12-21(17)2/h3-12H,1-2H3/p+1. The second-order valence-electron chi connectivity index (χ2n) is 5.55. The van der Waals surface area contributed by atoms with Gasteiger partial charge in [-0.3, -0.25) is 0 Å². The molecule has 21 heavy (non-hydrogen) atoms. The third-order valence-corrected chi connectivity index (χ3v) is 4.20. The van der Waals surface area contributed by atoms with Crippen LogP contribution in [0.2, 0.25) is 0 Å². The van der Waals surface area contributed by atoms with Crippen molar-refractivity contribution in [2.75, 3.05) is 0 Å². The van der Waals surface area contributed by atoms with Crippen LogP contribution in [0.1, 0.15) is 5.56 Å². The van der Waals surface area contributed by atoms with Gasteiger partial charge in [0.2, 0.25) is 5.69 Å². The molecule has 4 aromatic rings. The van der Waals surface area contributed by atoms with E-state index in [1.54, 1.807) is 0 Å². The molecule has 0 aliphatic rings. The van der Waals surface area contributed by atoms with Crippen LogP contribution in [-0.4, -0.2) is 4.98 Å². The number of aromatic nitrogens is 2. The summed E-state index contributed by atoms with van der Waals surface area (Å²) in [6.45, 7) is 2.17. The summed E-state index contributed by atoms with van der Waals surface area (Å²) in [7, 11) is 2.09.